The number of hydrogen-bond acceptors (Lipinski definition) is 3. The molecule has 14 heavy (non-hydrogen) atoms. The zero-order valence-electron chi connectivity index (χ0n) is 8.28. The highest BCUT2D eigenvalue weighted by molar-refractivity contribution is 6.29. The Bertz CT molecular complexity index is 323. The van der Waals surface area contributed by atoms with Gasteiger partial charge >= 0.3 is 0 Å². The molecule has 4 nitrogen and oxygen atoms in total. The highest BCUT2D eigenvalue weighted by atomic mass is 35.5. The molecule has 0 amide bonds. The van der Waals surface area contributed by atoms with E-state index in [1.807, 2.05) is 0 Å². The predicted octanol–water partition coefficient (Wildman–Crippen LogP) is 1.07. The number of rotatable bonds is 2. The topological polar surface area (TPSA) is 47.1 Å². The SMILES string of the molecule is CN1CC[C@H](Cn2nc(Cl)cc2N)C1. The summed E-state index contributed by atoms with van der Waals surface area (Å²) in [4.78, 5) is 2.33. The van der Waals surface area contributed by atoms with Crippen LogP contribution in [0.25, 0.3) is 0 Å². The normalized spacial score (nSPS) is 23.1. The molecule has 5 heteroatoms. The molecule has 1 saturated heterocycles. The van der Waals surface area contributed by atoms with Crippen LogP contribution >= 0.6 is 11.6 Å². The Hall–Kier alpha value is -0.740. The number of anilines is 1. The summed E-state index contributed by atoms with van der Waals surface area (Å²) in [5.74, 6) is 1.31. The van der Waals surface area contributed by atoms with Gasteiger partial charge in [0.05, 0.1) is 0 Å². The van der Waals surface area contributed by atoms with E-state index in [2.05, 4.69) is 17.0 Å². The highest BCUT2D eigenvalue weighted by Crippen LogP contribution is 2.19. The summed E-state index contributed by atoms with van der Waals surface area (Å²) in [6.07, 6.45) is 1.22. The lowest BCUT2D eigenvalue weighted by atomic mass is 10.1. The quantitative estimate of drug-likeness (QED) is 0.801. The van der Waals surface area contributed by atoms with E-state index in [0.29, 0.717) is 16.9 Å². The Kier molecular flexibility index (Phi) is 2.65. The van der Waals surface area contributed by atoms with Crippen molar-refractivity contribution in [3.8, 4) is 0 Å². The van der Waals surface area contributed by atoms with E-state index < -0.39 is 0 Å². The maximum atomic E-state index is 5.76. The van der Waals surface area contributed by atoms with Crippen molar-refractivity contribution >= 4 is 17.4 Å². The fourth-order valence-corrected chi connectivity index (χ4v) is 2.17. The molecule has 0 radical (unpaired) electrons. The van der Waals surface area contributed by atoms with Gasteiger partial charge in [-0.05, 0) is 25.9 Å². The number of likely N-dealkylation sites (tertiary alicyclic amines) is 1. The monoisotopic (exact) mass is 214 g/mol. The molecule has 0 saturated carbocycles. The van der Waals surface area contributed by atoms with Crippen LogP contribution in [-0.4, -0.2) is 34.8 Å². The Balaban J connectivity index is 2.00. The molecule has 2 heterocycles. The average molecular weight is 215 g/mol. The van der Waals surface area contributed by atoms with Gasteiger partial charge in [0.25, 0.3) is 0 Å². The summed E-state index contributed by atoms with van der Waals surface area (Å²) in [7, 11) is 2.14. The maximum Gasteiger partial charge on any atom is 0.153 e. The molecule has 1 aliphatic rings. The summed E-state index contributed by atoms with van der Waals surface area (Å²) < 4.78 is 1.80. The van der Waals surface area contributed by atoms with E-state index in [1.54, 1.807) is 10.7 Å². The van der Waals surface area contributed by atoms with Crippen molar-refractivity contribution < 1.29 is 0 Å². The molecule has 78 valence electrons. The maximum absolute atomic E-state index is 5.76. The molecule has 0 unspecified atom stereocenters. The van der Waals surface area contributed by atoms with E-state index in [9.17, 15) is 0 Å². The van der Waals surface area contributed by atoms with Gasteiger partial charge in [0.15, 0.2) is 5.15 Å². The van der Waals surface area contributed by atoms with Gasteiger partial charge in [-0.25, -0.2) is 4.68 Å². The molecule has 0 aliphatic carbocycles. The first kappa shape index (κ1) is 9.80. The Morgan fingerprint density at radius 3 is 3.00 bits per heavy atom. The van der Waals surface area contributed by atoms with Gasteiger partial charge in [0.1, 0.15) is 5.82 Å². The standard InChI is InChI=1S/C9H15ClN4/c1-13-3-2-7(5-13)6-14-9(11)4-8(10)12-14/h4,7H,2-3,5-6,11H2,1H3/t7-/m0/s1. The van der Waals surface area contributed by atoms with Crippen LogP contribution in [0.3, 0.4) is 0 Å². The van der Waals surface area contributed by atoms with Gasteiger partial charge < -0.3 is 10.6 Å². The Labute approximate surface area is 88.6 Å². The van der Waals surface area contributed by atoms with E-state index in [-0.39, 0.29) is 0 Å². The van der Waals surface area contributed by atoms with Crippen LogP contribution in [0.5, 0.6) is 0 Å². The van der Waals surface area contributed by atoms with Crippen LogP contribution in [0.15, 0.2) is 6.07 Å². The van der Waals surface area contributed by atoms with Gasteiger partial charge in [-0.1, -0.05) is 11.6 Å². The zero-order valence-corrected chi connectivity index (χ0v) is 9.04. The number of nitrogens with zero attached hydrogens (tertiary/aromatic N) is 3. The van der Waals surface area contributed by atoms with Crippen molar-refractivity contribution in [1.29, 1.82) is 0 Å². The molecule has 1 atom stereocenters. The van der Waals surface area contributed by atoms with Crippen molar-refractivity contribution in [3.63, 3.8) is 0 Å². The van der Waals surface area contributed by atoms with E-state index in [4.69, 9.17) is 17.3 Å². The summed E-state index contributed by atoms with van der Waals surface area (Å²) in [6, 6.07) is 1.69. The number of nitrogens with two attached hydrogens (primary N) is 1. The highest BCUT2D eigenvalue weighted by Gasteiger charge is 2.20. The van der Waals surface area contributed by atoms with Crippen molar-refractivity contribution in [2.24, 2.45) is 5.92 Å². The Morgan fingerprint density at radius 1 is 1.71 bits per heavy atom. The van der Waals surface area contributed by atoms with Gasteiger partial charge in [0.2, 0.25) is 0 Å². The number of halogens is 1. The molecule has 1 aromatic heterocycles. The first-order chi connectivity index (χ1) is 6.65. The summed E-state index contributed by atoms with van der Waals surface area (Å²) >= 11 is 5.76. The minimum absolute atomic E-state index is 0.480. The molecule has 2 N–H and O–H groups in total. The molecular formula is C9H15ClN4. The molecule has 0 spiro atoms. The van der Waals surface area contributed by atoms with E-state index in [1.165, 1.54) is 13.0 Å². The molecule has 1 fully saturated rings. The van der Waals surface area contributed by atoms with E-state index in [0.717, 1.165) is 13.1 Å². The summed E-state index contributed by atoms with van der Waals surface area (Å²) in [5.41, 5.74) is 5.76. The second-order valence-electron chi connectivity index (χ2n) is 3.99. The van der Waals surface area contributed by atoms with Crippen LogP contribution in [0.1, 0.15) is 6.42 Å². The first-order valence-electron chi connectivity index (χ1n) is 4.82. The van der Waals surface area contributed by atoms with Crippen molar-refractivity contribution in [1.82, 2.24) is 14.7 Å². The number of aromatic nitrogens is 2. The largest absolute Gasteiger partial charge is 0.384 e. The first-order valence-corrected chi connectivity index (χ1v) is 5.20. The van der Waals surface area contributed by atoms with E-state index >= 15 is 0 Å². The van der Waals surface area contributed by atoms with Crippen molar-refractivity contribution in [2.75, 3.05) is 25.9 Å². The van der Waals surface area contributed by atoms with Gasteiger partial charge in [-0.3, -0.25) is 0 Å². The van der Waals surface area contributed by atoms with Crippen molar-refractivity contribution in [2.45, 2.75) is 13.0 Å². The zero-order chi connectivity index (χ0) is 10.1. The van der Waals surface area contributed by atoms with Crippen LogP contribution < -0.4 is 5.73 Å². The lowest BCUT2D eigenvalue weighted by Gasteiger charge is -2.11. The summed E-state index contributed by atoms with van der Waals surface area (Å²) in [6.45, 7) is 3.17. The molecule has 1 aliphatic heterocycles. The molecule has 1 aromatic rings. The third kappa shape index (κ3) is 2.01. The van der Waals surface area contributed by atoms with Crippen LogP contribution in [0.2, 0.25) is 5.15 Å². The summed E-state index contributed by atoms with van der Waals surface area (Å²) in [5, 5.41) is 4.62. The second kappa shape index (κ2) is 3.79. The van der Waals surface area contributed by atoms with Gasteiger partial charge in [-0.2, -0.15) is 5.10 Å². The number of nitrogen functional groups attached to an aromatic ring is 1. The fraction of sp³-hybridized carbons (Fsp3) is 0.667. The van der Waals surface area contributed by atoms with Crippen LogP contribution in [0.4, 0.5) is 5.82 Å². The van der Waals surface area contributed by atoms with Gasteiger partial charge in [0, 0.05) is 19.2 Å². The lowest BCUT2D eigenvalue weighted by molar-refractivity contribution is 0.371. The Morgan fingerprint density at radius 2 is 2.50 bits per heavy atom. The average Bonchev–Trinajstić information content (AvgIpc) is 2.61. The van der Waals surface area contributed by atoms with Crippen LogP contribution in [-0.2, 0) is 6.54 Å². The van der Waals surface area contributed by atoms with Crippen molar-refractivity contribution in [3.05, 3.63) is 11.2 Å². The molecule has 2 rings (SSSR count). The fourth-order valence-electron chi connectivity index (χ4n) is 1.96. The second-order valence-corrected chi connectivity index (χ2v) is 4.38. The lowest BCUT2D eigenvalue weighted by Crippen LogP contribution is -2.18. The smallest absolute Gasteiger partial charge is 0.153 e. The molecule has 0 aromatic carbocycles. The third-order valence-corrected chi connectivity index (χ3v) is 2.89. The van der Waals surface area contributed by atoms with Gasteiger partial charge in [-0.15, -0.1) is 0 Å². The third-order valence-electron chi connectivity index (χ3n) is 2.70. The molecule has 0 bridgehead atoms. The molecular weight excluding hydrogens is 200 g/mol. The minimum Gasteiger partial charge on any atom is -0.384 e. The minimum atomic E-state index is 0.480. The van der Waals surface area contributed by atoms with Crippen LogP contribution in [0, 0.1) is 5.92 Å². The predicted molar refractivity (Wildman–Crippen MR) is 57.3 cm³/mol. The number of hydrogen-bond donors (Lipinski definition) is 1.